The smallest absolute Gasteiger partial charge is 0.274 e. The number of carbonyl (C=O) groups is 2. The Morgan fingerprint density at radius 2 is 1.89 bits per heavy atom. The second-order valence-corrected chi connectivity index (χ2v) is 19.8. The second kappa shape index (κ2) is 12.5. The molecule has 2 aliphatic carbocycles. The van der Waals surface area contributed by atoms with Gasteiger partial charge in [0.15, 0.2) is 11.5 Å². The van der Waals surface area contributed by atoms with Crippen molar-refractivity contribution in [3.05, 3.63) is 64.3 Å². The van der Waals surface area contributed by atoms with Crippen molar-refractivity contribution in [2.24, 2.45) is 5.92 Å². The molecule has 1 spiro atoms. The molecule has 3 fully saturated rings. The van der Waals surface area contributed by atoms with Crippen LogP contribution in [-0.4, -0.2) is 63.2 Å². The molecule has 3 aromatic rings. The molecule has 0 radical (unpaired) electrons. The third-order valence-electron chi connectivity index (χ3n) is 9.01. The molecule has 1 aliphatic heterocycles. The Balaban J connectivity index is 1.17. The van der Waals surface area contributed by atoms with Crippen LogP contribution in [0.2, 0.25) is 30.7 Å². The normalized spacial score (nSPS) is 19.2. The number of hydrogen-bond donors (Lipinski definition) is 1. The number of rotatable bonds is 11. The number of ether oxygens (including phenoxy) is 1. The highest BCUT2D eigenvalue weighted by molar-refractivity contribution is 6.76. The molecule has 0 aromatic carbocycles. The van der Waals surface area contributed by atoms with Gasteiger partial charge in [-0.2, -0.15) is 5.10 Å². The van der Waals surface area contributed by atoms with Crippen molar-refractivity contribution in [3.63, 3.8) is 0 Å². The first-order valence-electron chi connectivity index (χ1n) is 15.6. The average Bonchev–Trinajstić information content (AvgIpc) is 3.93. The second-order valence-electron chi connectivity index (χ2n) is 13.8. The van der Waals surface area contributed by atoms with E-state index in [-0.39, 0.29) is 41.7 Å². The van der Waals surface area contributed by atoms with Crippen LogP contribution in [0.5, 0.6) is 0 Å². The number of pyridine rings is 2. The molecule has 9 nitrogen and oxygen atoms in total. The minimum Gasteiger partial charge on any atom is -0.360 e. The van der Waals surface area contributed by atoms with Gasteiger partial charge in [0.05, 0.1) is 35.3 Å². The van der Waals surface area contributed by atoms with Crippen LogP contribution in [0.4, 0.5) is 8.78 Å². The van der Waals surface area contributed by atoms with E-state index >= 15 is 4.39 Å². The summed E-state index contributed by atoms with van der Waals surface area (Å²) in [6, 6.07) is 5.58. The third kappa shape index (κ3) is 7.28. The lowest BCUT2D eigenvalue weighted by Gasteiger charge is -2.39. The van der Waals surface area contributed by atoms with Crippen molar-refractivity contribution >= 4 is 31.5 Å². The van der Waals surface area contributed by atoms with E-state index in [2.05, 4.69) is 40.0 Å². The predicted molar refractivity (Wildman–Crippen MR) is 168 cm³/mol. The molecule has 1 saturated heterocycles. The predicted octanol–water partition coefficient (Wildman–Crippen LogP) is 6.16. The SMILES string of the molecule is C[Si](C)(C)CCOCn1nc(C(=O)N2CCC(C(=O)NCc3ncc(F)cc3Cl)CC23CC3)cc1-c1cc(C2CC2)ncc1F. The molecule has 1 unspecified atom stereocenters. The van der Waals surface area contributed by atoms with Crippen LogP contribution in [0.1, 0.15) is 66.3 Å². The summed E-state index contributed by atoms with van der Waals surface area (Å²) in [5, 5.41) is 7.68. The zero-order valence-electron chi connectivity index (χ0n) is 25.9. The standard InChI is InChI=1S/C32H39ClF2N6O3Si/c1-45(2,3)11-10-44-19-41-29(23-13-26(20-4-5-20)37-17-25(23)35)14-27(39-41)31(43)40-9-6-21(15-32(40)7-8-32)30(42)38-18-28-24(33)12-22(34)16-36-28/h12-14,16-17,20-21H,4-11,15,18-19H2,1-3H3,(H,38,42). The van der Waals surface area contributed by atoms with E-state index in [1.54, 1.807) is 16.8 Å². The highest BCUT2D eigenvalue weighted by Gasteiger charge is 2.54. The van der Waals surface area contributed by atoms with Crippen molar-refractivity contribution in [2.75, 3.05) is 13.2 Å². The summed E-state index contributed by atoms with van der Waals surface area (Å²) >= 11 is 6.07. The molecule has 1 N–H and O–H groups in total. The van der Waals surface area contributed by atoms with Crippen molar-refractivity contribution < 1.29 is 23.1 Å². The molecule has 6 rings (SSSR count). The highest BCUT2D eigenvalue weighted by Crippen LogP contribution is 2.50. The maximum absolute atomic E-state index is 15.2. The fourth-order valence-corrected chi connectivity index (χ4v) is 6.97. The van der Waals surface area contributed by atoms with Crippen LogP contribution in [0.3, 0.4) is 0 Å². The molecular formula is C32H39ClF2N6O3Si. The monoisotopic (exact) mass is 656 g/mol. The lowest BCUT2D eigenvalue weighted by atomic mass is 9.88. The van der Waals surface area contributed by atoms with Crippen LogP contribution in [0, 0.1) is 17.6 Å². The molecule has 2 saturated carbocycles. The molecule has 1 atom stereocenters. The Bertz CT molecular complexity index is 1600. The number of halogens is 3. The summed E-state index contributed by atoms with van der Waals surface area (Å²) in [7, 11) is -1.32. The van der Waals surface area contributed by atoms with Gasteiger partial charge >= 0.3 is 0 Å². The van der Waals surface area contributed by atoms with Gasteiger partial charge in [-0.25, -0.2) is 13.5 Å². The highest BCUT2D eigenvalue weighted by atomic mass is 35.5. The third-order valence-corrected chi connectivity index (χ3v) is 11.0. The van der Waals surface area contributed by atoms with Crippen LogP contribution in [-0.2, 0) is 22.8 Å². The Morgan fingerprint density at radius 3 is 2.58 bits per heavy atom. The lowest BCUT2D eigenvalue weighted by Crippen LogP contribution is -2.50. The van der Waals surface area contributed by atoms with E-state index in [4.69, 9.17) is 16.3 Å². The summed E-state index contributed by atoms with van der Waals surface area (Å²) in [6.07, 6.45) is 7.01. The number of amides is 2. The number of nitrogens with one attached hydrogen (secondary N) is 1. The molecule has 240 valence electrons. The van der Waals surface area contributed by atoms with E-state index in [0.717, 1.165) is 43.6 Å². The van der Waals surface area contributed by atoms with E-state index in [9.17, 15) is 14.0 Å². The van der Waals surface area contributed by atoms with Crippen LogP contribution in [0.15, 0.2) is 30.6 Å². The first kappa shape index (κ1) is 31.7. The Kier molecular flexibility index (Phi) is 8.83. The van der Waals surface area contributed by atoms with Crippen LogP contribution >= 0.6 is 11.6 Å². The quantitative estimate of drug-likeness (QED) is 0.196. The summed E-state index contributed by atoms with van der Waals surface area (Å²) in [6.45, 7) is 7.99. The van der Waals surface area contributed by atoms with Gasteiger partial charge in [-0.3, -0.25) is 19.6 Å². The summed E-state index contributed by atoms with van der Waals surface area (Å²) in [5.41, 5.74) is 1.91. The molecule has 0 bridgehead atoms. The van der Waals surface area contributed by atoms with E-state index in [1.807, 2.05) is 4.90 Å². The van der Waals surface area contributed by atoms with Gasteiger partial charge in [0.25, 0.3) is 5.91 Å². The zero-order valence-corrected chi connectivity index (χ0v) is 27.7. The molecule has 13 heteroatoms. The van der Waals surface area contributed by atoms with Gasteiger partial charge in [0.2, 0.25) is 5.91 Å². The Morgan fingerprint density at radius 1 is 1.11 bits per heavy atom. The van der Waals surface area contributed by atoms with Crippen molar-refractivity contribution in [1.82, 2.24) is 30.0 Å². The van der Waals surface area contributed by atoms with Gasteiger partial charge in [0, 0.05) is 49.9 Å². The zero-order chi connectivity index (χ0) is 31.9. The number of nitrogens with zero attached hydrogens (tertiary/aromatic N) is 5. The largest absolute Gasteiger partial charge is 0.360 e. The van der Waals surface area contributed by atoms with E-state index in [1.165, 1.54) is 12.3 Å². The maximum atomic E-state index is 15.2. The van der Waals surface area contributed by atoms with Crippen molar-refractivity contribution in [1.29, 1.82) is 0 Å². The van der Waals surface area contributed by atoms with Crippen LogP contribution < -0.4 is 5.32 Å². The lowest BCUT2D eigenvalue weighted by molar-refractivity contribution is -0.127. The molecule has 3 aliphatic rings. The molecule has 45 heavy (non-hydrogen) atoms. The van der Waals surface area contributed by atoms with Gasteiger partial charge < -0.3 is 15.0 Å². The summed E-state index contributed by atoms with van der Waals surface area (Å²) < 4.78 is 36.1. The number of piperidine rings is 1. The number of hydrogen-bond acceptors (Lipinski definition) is 6. The summed E-state index contributed by atoms with van der Waals surface area (Å²) in [4.78, 5) is 37.2. The van der Waals surface area contributed by atoms with Crippen LogP contribution in [0.25, 0.3) is 11.3 Å². The molecule has 4 heterocycles. The minimum atomic E-state index is -1.32. The van der Waals surface area contributed by atoms with E-state index in [0.29, 0.717) is 48.9 Å². The fourth-order valence-electron chi connectivity index (χ4n) is 6.00. The maximum Gasteiger partial charge on any atom is 0.274 e. The van der Waals surface area contributed by atoms with Gasteiger partial charge in [0.1, 0.15) is 12.5 Å². The molecule has 2 amide bonds. The molecular weight excluding hydrogens is 618 g/mol. The summed E-state index contributed by atoms with van der Waals surface area (Å²) in [5.74, 6) is -1.32. The first-order chi connectivity index (χ1) is 21.4. The van der Waals surface area contributed by atoms with Gasteiger partial charge in [-0.05, 0) is 62.8 Å². The number of carbonyl (C=O) groups excluding carboxylic acids is 2. The molecule has 3 aromatic heterocycles. The number of aromatic nitrogens is 4. The van der Waals surface area contributed by atoms with Gasteiger partial charge in [-0.15, -0.1) is 0 Å². The Labute approximate surface area is 267 Å². The van der Waals surface area contributed by atoms with Crippen molar-refractivity contribution in [3.8, 4) is 11.3 Å². The van der Waals surface area contributed by atoms with E-state index < -0.39 is 25.2 Å². The minimum absolute atomic E-state index is 0.0956. The fraction of sp³-hybridized carbons (Fsp3) is 0.531. The average molecular weight is 657 g/mol. The van der Waals surface area contributed by atoms with Gasteiger partial charge in [-0.1, -0.05) is 31.2 Å². The first-order valence-corrected chi connectivity index (χ1v) is 19.7. The topological polar surface area (TPSA) is 102 Å². The Hall–Kier alpha value is -3.22. The number of likely N-dealkylation sites (tertiary alicyclic amines) is 1. The van der Waals surface area contributed by atoms with Crippen molar-refractivity contribution in [2.45, 2.75) is 88.9 Å².